The fourth-order valence-electron chi connectivity index (χ4n) is 6.11. The number of likely N-dealkylation sites (N-methyl/N-ethyl adjacent to an activating group) is 1. The topological polar surface area (TPSA) is 172 Å². The SMILES string of the molecule is CC/C=C\C[C@H](O)/C=C/C=C/C=C\C=C/[C@@H](O)[C@H](O)CCCC(=O)O[C@H](COC(=O)CCCCCCCCCCCCCCCCCCC)COP(=O)([O-])OCC[N+](C)(C)C. The molecule has 0 aliphatic carbocycles. The number of nitrogens with zero attached hydrogens (tertiary/aromatic N) is 1. The number of aliphatic hydroxyl groups is 3. The molecule has 13 heteroatoms. The van der Waals surface area contributed by atoms with Gasteiger partial charge in [-0.2, -0.15) is 0 Å². The molecule has 0 saturated carbocycles. The van der Waals surface area contributed by atoms with Crippen LogP contribution in [0.15, 0.2) is 60.8 Å². The molecule has 0 aromatic carbocycles. The van der Waals surface area contributed by atoms with E-state index >= 15 is 0 Å². The first kappa shape index (κ1) is 58.6. The molecule has 1 unspecified atom stereocenters. The quantitative estimate of drug-likeness (QED) is 0.0133. The largest absolute Gasteiger partial charge is 0.756 e. The summed E-state index contributed by atoms with van der Waals surface area (Å²) in [5, 5.41) is 30.5. The van der Waals surface area contributed by atoms with Crippen LogP contribution in [-0.2, 0) is 32.7 Å². The molecule has 3 N–H and O–H groups in total. The normalized spacial score (nSPS) is 15.6. The monoisotopic (exact) mass is 884 g/mol. The fourth-order valence-corrected chi connectivity index (χ4v) is 6.84. The Labute approximate surface area is 370 Å². The predicted molar refractivity (Wildman–Crippen MR) is 245 cm³/mol. The molecule has 354 valence electrons. The molecule has 0 rings (SSSR count). The van der Waals surface area contributed by atoms with E-state index in [1.54, 1.807) is 42.5 Å². The van der Waals surface area contributed by atoms with E-state index in [0.29, 0.717) is 23.9 Å². The van der Waals surface area contributed by atoms with Gasteiger partial charge in [0.1, 0.15) is 19.8 Å². The number of ether oxygens (including phenoxy) is 2. The summed E-state index contributed by atoms with van der Waals surface area (Å²) >= 11 is 0. The number of aliphatic hydroxyl groups excluding tert-OH is 3. The number of esters is 2. The summed E-state index contributed by atoms with van der Waals surface area (Å²) in [4.78, 5) is 37.7. The van der Waals surface area contributed by atoms with Gasteiger partial charge in [-0.1, -0.05) is 177 Å². The van der Waals surface area contributed by atoms with Crippen LogP contribution in [0.4, 0.5) is 0 Å². The number of rotatable bonds is 41. The Morgan fingerprint density at radius 3 is 1.69 bits per heavy atom. The van der Waals surface area contributed by atoms with Crippen LogP contribution >= 0.6 is 7.82 Å². The first-order valence-corrected chi connectivity index (χ1v) is 24.8. The minimum atomic E-state index is -4.73. The molecular formula is C48H86NO11P. The Hall–Kier alpha value is -2.41. The van der Waals surface area contributed by atoms with Crippen LogP contribution in [0.25, 0.3) is 0 Å². The van der Waals surface area contributed by atoms with Crippen LogP contribution in [0.2, 0.25) is 0 Å². The van der Waals surface area contributed by atoms with E-state index in [4.69, 9.17) is 18.5 Å². The third kappa shape index (κ3) is 41.4. The van der Waals surface area contributed by atoms with Crippen molar-refractivity contribution in [1.29, 1.82) is 0 Å². The number of phosphoric ester groups is 1. The van der Waals surface area contributed by atoms with Crippen molar-refractivity contribution in [2.75, 3.05) is 47.5 Å². The first-order chi connectivity index (χ1) is 29.2. The zero-order chi connectivity index (χ0) is 45.5. The average Bonchev–Trinajstić information content (AvgIpc) is 3.20. The van der Waals surface area contributed by atoms with Crippen LogP contribution in [0.1, 0.15) is 162 Å². The van der Waals surface area contributed by atoms with Gasteiger partial charge >= 0.3 is 11.9 Å². The summed E-state index contributed by atoms with van der Waals surface area (Å²) in [6.45, 7) is 3.64. The summed E-state index contributed by atoms with van der Waals surface area (Å²) in [6, 6.07) is 0. The highest BCUT2D eigenvalue weighted by Gasteiger charge is 2.22. The highest BCUT2D eigenvalue weighted by molar-refractivity contribution is 7.45. The lowest BCUT2D eigenvalue weighted by atomic mass is 10.0. The molecule has 0 spiro atoms. The second-order valence-electron chi connectivity index (χ2n) is 17.0. The second kappa shape index (κ2) is 39.2. The third-order valence-electron chi connectivity index (χ3n) is 9.89. The van der Waals surface area contributed by atoms with Crippen LogP contribution in [0.3, 0.4) is 0 Å². The van der Waals surface area contributed by atoms with Crippen molar-refractivity contribution in [3.05, 3.63) is 60.8 Å². The van der Waals surface area contributed by atoms with Crippen LogP contribution in [-0.4, -0.2) is 104 Å². The van der Waals surface area contributed by atoms with Crippen molar-refractivity contribution < 1.29 is 57.4 Å². The molecule has 0 aliphatic heterocycles. The molecule has 0 heterocycles. The molecule has 0 amide bonds. The summed E-state index contributed by atoms with van der Waals surface area (Å²) in [7, 11) is 0.943. The van der Waals surface area contributed by atoms with Gasteiger partial charge in [-0.05, 0) is 32.1 Å². The minimum Gasteiger partial charge on any atom is -0.756 e. The van der Waals surface area contributed by atoms with E-state index in [1.807, 2.05) is 40.2 Å². The zero-order valence-electron chi connectivity index (χ0n) is 38.7. The maximum Gasteiger partial charge on any atom is 0.306 e. The van der Waals surface area contributed by atoms with Gasteiger partial charge in [0.25, 0.3) is 7.82 Å². The number of hydrogen-bond acceptors (Lipinski definition) is 11. The summed E-state index contributed by atoms with van der Waals surface area (Å²) in [5.41, 5.74) is 0. The highest BCUT2D eigenvalue weighted by atomic mass is 31.2. The van der Waals surface area contributed by atoms with Gasteiger partial charge in [0.05, 0.1) is 46.1 Å². The standard InChI is InChI=1S/C48H86NO11P/c1-6-8-10-11-12-13-14-15-16-17-18-19-20-21-22-27-31-37-47(53)57-41-44(42-59-61(55,56)58-40-39-49(3,4)5)60-48(54)38-32-36-46(52)45(51)35-30-26-24-23-25-29-34-43(50)33-28-9-7-2/h9,23-26,28-30,34-35,43-46,50-52H,6-8,10-22,27,31-33,36-42H2,1-5H3/b25-23+,26-24-,28-9-,34-29+,35-30-/t43-,44+,45+,46+/m0/s1. The Bertz CT molecular complexity index is 1280. The molecule has 0 aromatic heterocycles. The summed E-state index contributed by atoms with van der Waals surface area (Å²) in [6.07, 6.45) is 36.2. The summed E-state index contributed by atoms with van der Waals surface area (Å²) < 4.78 is 33.6. The van der Waals surface area contributed by atoms with Crippen molar-refractivity contribution in [1.82, 2.24) is 0 Å². The maximum absolute atomic E-state index is 12.7. The van der Waals surface area contributed by atoms with Crippen molar-refractivity contribution in [3.8, 4) is 0 Å². The molecule has 0 aromatic rings. The predicted octanol–water partition coefficient (Wildman–Crippen LogP) is 9.53. The highest BCUT2D eigenvalue weighted by Crippen LogP contribution is 2.38. The number of allylic oxidation sites excluding steroid dienone is 7. The van der Waals surface area contributed by atoms with Gasteiger partial charge in [0.15, 0.2) is 6.10 Å². The van der Waals surface area contributed by atoms with Crippen molar-refractivity contribution >= 4 is 19.8 Å². The van der Waals surface area contributed by atoms with Crippen LogP contribution in [0.5, 0.6) is 0 Å². The number of carbonyl (C=O) groups excluding carboxylic acids is 2. The van der Waals surface area contributed by atoms with Crippen molar-refractivity contribution in [2.24, 2.45) is 0 Å². The lowest BCUT2D eigenvalue weighted by molar-refractivity contribution is -0.870. The number of hydrogen-bond donors (Lipinski definition) is 3. The minimum absolute atomic E-state index is 0.0934. The van der Waals surface area contributed by atoms with Gasteiger partial charge in [-0.15, -0.1) is 0 Å². The zero-order valence-corrected chi connectivity index (χ0v) is 39.6. The van der Waals surface area contributed by atoms with Gasteiger partial charge in [0.2, 0.25) is 0 Å². The van der Waals surface area contributed by atoms with Crippen molar-refractivity contribution in [2.45, 2.75) is 186 Å². The van der Waals surface area contributed by atoms with Gasteiger partial charge in [-0.25, -0.2) is 0 Å². The molecule has 0 radical (unpaired) electrons. The smallest absolute Gasteiger partial charge is 0.306 e. The van der Waals surface area contributed by atoms with E-state index in [0.717, 1.165) is 25.7 Å². The van der Waals surface area contributed by atoms with E-state index in [-0.39, 0.29) is 38.9 Å². The fraction of sp³-hybridized carbons (Fsp3) is 0.750. The lowest BCUT2D eigenvalue weighted by Gasteiger charge is -2.28. The average molecular weight is 884 g/mol. The molecule has 61 heavy (non-hydrogen) atoms. The molecule has 0 aliphatic rings. The van der Waals surface area contributed by atoms with E-state index in [2.05, 4.69) is 6.92 Å². The molecule has 0 fully saturated rings. The molecular weight excluding hydrogens is 797 g/mol. The van der Waals surface area contributed by atoms with Crippen LogP contribution in [0, 0.1) is 0 Å². The Balaban J connectivity index is 4.64. The third-order valence-corrected chi connectivity index (χ3v) is 10.9. The first-order valence-electron chi connectivity index (χ1n) is 23.3. The Morgan fingerprint density at radius 2 is 1.15 bits per heavy atom. The van der Waals surface area contributed by atoms with Gasteiger partial charge in [0, 0.05) is 12.8 Å². The molecule has 12 nitrogen and oxygen atoms in total. The molecule has 0 saturated heterocycles. The Kier molecular flexibility index (Phi) is 37.7. The van der Waals surface area contributed by atoms with E-state index < -0.39 is 50.8 Å². The van der Waals surface area contributed by atoms with Gasteiger partial charge < -0.3 is 43.2 Å². The van der Waals surface area contributed by atoms with Crippen molar-refractivity contribution in [3.63, 3.8) is 0 Å². The molecule has 0 bridgehead atoms. The Morgan fingerprint density at radius 1 is 0.639 bits per heavy atom. The number of unbranched alkanes of at least 4 members (excludes halogenated alkanes) is 16. The number of phosphoric acid groups is 1. The van der Waals surface area contributed by atoms with Gasteiger partial charge in [-0.3, -0.25) is 14.2 Å². The second-order valence-corrected chi connectivity index (χ2v) is 18.4. The molecule has 5 atom stereocenters. The lowest BCUT2D eigenvalue weighted by Crippen LogP contribution is -2.37. The summed E-state index contributed by atoms with van der Waals surface area (Å²) in [5.74, 6) is -1.17. The number of carbonyl (C=O) groups is 2. The maximum atomic E-state index is 12.7. The van der Waals surface area contributed by atoms with E-state index in [9.17, 15) is 34.4 Å². The number of quaternary nitrogens is 1. The van der Waals surface area contributed by atoms with Crippen LogP contribution < -0.4 is 4.89 Å². The van der Waals surface area contributed by atoms with E-state index in [1.165, 1.54) is 89.5 Å².